The predicted octanol–water partition coefficient (Wildman–Crippen LogP) is 3.89. The Morgan fingerprint density at radius 1 is 1.29 bits per heavy atom. The quantitative estimate of drug-likeness (QED) is 0.911. The number of carbonyl (C=O) groups is 1. The Hall–Kier alpha value is -1.35. The van der Waals surface area contributed by atoms with E-state index >= 15 is 0 Å². The van der Waals surface area contributed by atoms with Gasteiger partial charge in [0.05, 0.1) is 0 Å². The van der Waals surface area contributed by atoms with E-state index in [1.165, 1.54) is 0 Å². The minimum absolute atomic E-state index is 0.121. The number of halogens is 1. The molecule has 0 bridgehead atoms. The fourth-order valence-corrected chi connectivity index (χ4v) is 2.22. The van der Waals surface area contributed by atoms with E-state index in [1.807, 2.05) is 30.5 Å². The summed E-state index contributed by atoms with van der Waals surface area (Å²) in [5.41, 5.74) is 2.24. The third-order valence-corrected chi connectivity index (χ3v) is 3.29. The molecule has 0 aliphatic rings. The first-order chi connectivity index (χ1) is 8.16. The summed E-state index contributed by atoms with van der Waals surface area (Å²) < 4.78 is 1.05. The maximum absolute atomic E-state index is 11.4. The van der Waals surface area contributed by atoms with Crippen LogP contribution in [0, 0.1) is 0 Å². The molecule has 1 N–H and O–H groups in total. The number of hydrogen-bond acceptors (Lipinski definition) is 1. The van der Waals surface area contributed by atoms with Gasteiger partial charge in [-0.3, -0.25) is 4.79 Å². The monoisotopic (exact) mass is 291 g/mol. The molecule has 0 spiro atoms. The van der Waals surface area contributed by atoms with Crippen LogP contribution in [-0.4, -0.2) is 10.8 Å². The molecule has 0 saturated heterocycles. The lowest BCUT2D eigenvalue weighted by Crippen LogP contribution is -2.06. The third-order valence-electron chi connectivity index (χ3n) is 2.76. The van der Waals surface area contributed by atoms with Gasteiger partial charge >= 0.3 is 0 Å². The maximum Gasteiger partial charge on any atom is 0.130 e. The topological polar surface area (TPSA) is 32.9 Å². The molecule has 0 amide bonds. The summed E-state index contributed by atoms with van der Waals surface area (Å²) in [6.07, 6.45) is 2.42. The molecule has 88 valence electrons. The highest BCUT2D eigenvalue weighted by Crippen LogP contribution is 2.28. The first-order valence-corrected chi connectivity index (χ1v) is 6.34. The van der Waals surface area contributed by atoms with E-state index in [4.69, 9.17) is 0 Å². The lowest BCUT2D eigenvalue weighted by atomic mass is 9.91. The zero-order chi connectivity index (χ0) is 12.3. The second-order valence-electron chi connectivity index (χ2n) is 4.14. The normalized spacial score (nSPS) is 12.4. The summed E-state index contributed by atoms with van der Waals surface area (Å²) in [6.45, 7) is 1.63. The van der Waals surface area contributed by atoms with Gasteiger partial charge in [-0.25, -0.2) is 0 Å². The van der Waals surface area contributed by atoms with Gasteiger partial charge in [0.15, 0.2) is 0 Å². The van der Waals surface area contributed by atoms with Gasteiger partial charge in [0.25, 0.3) is 0 Å². The average Bonchev–Trinajstić information content (AvgIpc) is 2.80. The molecule has 1 aromatic heterocycles. The molecule has 0 aliphatic heterocycles. The van der Waals surface area contributed by atoms with Crippen LogP contribution in [-0.2, 0) is 4.79 Å². The largest absolute Gasteiger partial charge is 0.364 e. The van der Waals surface area contributed by atoms with E-state index in [0.717, 1.165) is 15.7 Å². The van der Waals surface area contributed by atoms with Crippen LogP contribution in [0.3, 0.4) is 0 Å². The minimum Gasteiger partial charge on any atom is -0.364 e. The van der Waals surface area contributed by atoms with Crippen LogP contribution < -0.4 is 0 Å². The molecule has 0 radical (unpaired) electrons. The van der Waals surface area contributed by atoms with Gasteiger partial charge in [-0.1, -0.05) is 28.1 Å². The maximum atomic E-state index is 11.4. The van der Waals surface area contributed by atoms with Crippen molar-refractivity contribution in [2.24, 2.45) is 0 Å². The Bertz CT molecular complexity index is 487. The van der Waals surface area contributed by atoms with E-state index < -0.39 is 0 Å². The number of ketones is 1. The summed E-state index contributed by atoms with van der Waals surface area (Å²) >= 11 is 3.42. The van der Waals surface area contributed by atoms with E-state index in [2.05, 4.69) is 33.0 Å². The van der Waals surface area contributed by atoms with Gasteiger partial charge in [-0.05, 0) is 36.8 Å². The number of aromatic amines is 1. The minimum atomic E-state index is 0.121. The van der Waals surface area contributed by atoms with Crippen LogP contribution in [0.15, 0.2) is 47.1 Å². The lowest BCUT2D eigenvalue weighted by Gasteiger charge is -2.14. The molecule has 17 heavy (non-hydrogen) atoms. The van der Waals surface area contributed by atoms with Gasteiger partial charge in [-0.15, -0.1) is 0 Å². The molecule has 2 rings (SSSR count). The number of nitrogens with one attached hydrogen (secondary N) is 1. The molecule has 0 fully saturated rings. The summed E-state index contributed by atoms with van der Waals surface area (Å²) in [5, 5.41) is 0. The first-order valence-electron chi connectivity index (χ1n) is 5.55. The Balaban J connectivity index is 2.33. The van der Waals surface area contributed by atoms with Crippen molar-refractivity contribution in [3.8, 4) is 0 Å². The van der Waals surface area contributed by atoms with Gasteiger partial charge in [0.1, 0.15) is 5.78 Å². The molecule has 1 unspecified atom stereocenters. The van der Waals surface area contributed by atoms with Crippen LogP contribution in [0.5, 0.6) is 0 Å². The number of carbonyl (C=O) groups excluding carboxylic acids is 1. The van der Waals surface area contributed by atoms with Crippen LogP contribution >= 0.6 is 15.9 Å². The number of benzene rings is 1. The Labute approximate surface area is 109 Å². The van der Waals surface area contributed by atoms with E-state index in [0.29, 0.717) is 6.42 Å². The highest BCUT2D eigenvalue weighted by atomic mass is 79.9. The first kappa shape index (κ1) is 12.1. The Morgan fingerprint density at radius 3 is 2.53 bits per heavy atom. The molecule has 3 heteroatoms. The molecule has 1 aromatic carbocycles. The van der Waals surface area contributed by atoms with Crippen molar-refractivity contribution in [2.45, 2.75) is 19.3 Å². The summed E-state index contributed by atoms with van der Waals surface area (Å²) in [5.74, 6) is 0.322. The molecule has 0 aliphatic carbocycles. The van der Waals surface area contributed by atoms with Crippen molar-refractivity contribution in [3.05, 3.63) is 58.3 Å². The summed E-state index contributed by atoms with van der Waals surface area (Å²) in [7, 11) is 0. The van der Waals surface area contributed by atoms with Gasteiger partial charge in [0.2, 0.25) is 0 Å². The van der Waals surface area contributed by atoms with Crippen LogP contribution in [0.2, 0.25) is 0 Å². The Kier molecular flexibility index (Phi) is 3.79. The predicted molar refractivity (Wildman–Crippen MR) is 72.1 cm³/mol. The van der Waals surface area contributed by atoms with Crippen molar-refractivity contribution < 1.29 is 4.79 Å². The number of hydrogen-bond donors (Lipinski definition) is 1. The number of rotatable bonds is 4. The van der Waals surface area contributed by atoms with Crippen molar-refractivity contribution >= 4 is 21.7 Å². The molecular weight excluding hydrogens is 278 g/mol. The number of aromatic nitrogens is 1. The lowest BCUT2D eigenvalue weighted by molar-refractivity contribution is -0.117. The zero-order valence-corrected chi connectivity index (χ0v) is 11.2. The van der Waals surface area contributed by atoms with Gasteiger partial charge in [-0.2, -0.15) is 0 Å². The molecule has 0 saturated carbocycles. The molecular formula is C14H14BrNO. The van der Waals surface area contributed by atoms with E-state index in [1.54, 1.807) is 6.92 Å². The Morgan fingerprint density at radius 2 is 2.00 bits per heavy atom. The molecule has 1 heterocycles. The second-order valence-corrected chi connectivity index (χ2v) is 5.05. The second kappa shape index (κ2) is 5.32. The SMILES string of the molecule is CC(=O)CC(c1ccc(Br)cc1)c1ccc[nH]1. The van der Waals surface area contributed by atoms with Crippen LogP contribution in [0.25, 0.3) is 0 Å². The van der Waals surface area contributed by atoms with Gasteiger partial charge < -0.3 is 4.98 Å². The van der Waals surface area contributed by atoms with Crippen molar-refractivity contribution in [1.29, 1.82) is 0 Å². The van der Waals surface area contributed by atoms with E-state index in [9.17, 15) is 4.79 Å². The number of H-pyrrole nitrogens is 1. The van der Waals surface area contributed by atoms with Crippen LogP contribution in [0.1, 0.15) is 30.5 Å². The summed E-state index contributed by atoms with van der Waals surface area (Å²) in [4.78, 5) is 14.6. The number of Topliss-reactive ketones (excluding diaryl/α,β-unsaturated/α-hetero) is 1. The highest BCUT2D eigenvalue weighted by molar-refractivity contribution is 9.10. The summed E-state index contributed by atoms with van der Waals surface area (Å²) in [6, 6.07) is 12.1. The molecule has 1 atom stereocenters. The van der Waals surface area contributed by atoms with Crippen molar-refractivity contribution in [2.75, 3.05) is 0 Å². The van der Waals surface area contributed by atoms with Gasteiger partial charge in [0, 0.05) is 28.7 Å². The van der Waals surface area contributed by atoms with Crippen LogP contribution in [0.4, 0.5) is 0 Å². The van der Waals surface area contributed by atoms with E-state index in [-0.39, 0.29) is 11.7 Å². The van der Waals surface area contributed by atoms with Crippen molar-refractivity contribution in [1.82, 2.24) is 4.98 Å². The third kappa shape index (κ3) is 3.07. The fourth-order valence-electron chi connectivity index (χ4n) is 1.95. The molecule has 2 aromatic rings. The smallest absolute Gasteiger partial charge is 0.130 e. The van der Waals surface area contributed by atoms with Crippen molar-refractivity contribution in [3.63, 3.8) is 0 Å². The highest BCUT2D eigenvalue weighted by Gasteiger charge is 2.16. The molecule has 2 nitrogen and oxygen atoms in total. The average molecular weight is 292 g/mol. The fraction of sp³-hybridized carbons (Fsp3) is 0.214. The zero-order valence-electron chi connectivity index (χ0n) is 9.61. The standard InChI is InChI=1S/C14H14BrNO/c1-10(17)9-13(14-3-2-8-16-14)11-4-6-12(15)7-5-11/h2-8,13,16H,9H2,1H3.